The average Bonchev–Trinajstić information content (AvgIpc) is 2.77. The summed E-state index contributed by atoms with van der Waals surface area (Å²) in [6, 6.07) is 8.27. The minimum Gasteiger partial charge on any atom is -0.493 e. The molecule has 3 aliphatic rings. The van der Waals surface area contributed by atoms with Gasteiger partial charge in [0.05, 0.1) is 12.2 Å². The summed E-state index contributed by atoms with van der Waals surface area (Å²) < 4.78 is 5.94. The molecule has 164 valence electrons. The van der Waals surface area contributed by atoms with Crippen molar-refractivity contribution >= 4 is 11.8 Å². The number of benzene rings is 1. The van der Waals surface area contributed by atoms with Gasteiger partial charge in [-0.3, -0.25) is 9.59 Å². The number of rotatable bonds is 7. The Labute approximate surface area is 180 Å². The van der Waals surface area contributed by atoms with E-state index in [0.29, 0.717) is 48.1 Å². The molecule has 4 rings (SSSR count). The fraction of sp³-hybridized carbons (Fsp3) is 0.680. The Hall–Kier alpha value is -2.04. The standard InChI is InChI=1S/C25H36N2O3/c1-3-5-14-30-23-12-7-6-10-20(23)25(29)26-16-18-15-19(17-26)22-11-8-13-24(28)27(22)21(18)9-4-2/h6-7,10,12,18-19,21-22H,3-5,8-9,11,13-17H2,1-2H3/t18-,19+,21-,22-/m0/s1. The number of amides is 2. The Morgan fingerprint density at radius 2 is 1.93 bits per heavy atom. The van der Waals surface area contributed by atoms with Crippen molar-refractivity contribution < 1.29 is 14.3 Å². The fourth-order valence-corrected chi connectivity index (χ4v) is 5.87. The fourth-order valence-electron chi connectivity index (χ4n) is 5.87. The Morgan fingerprint density at radius 1 is 1.13 bits per heavy atom. The average molecular weight is 413 g/mol. The van der Waals surface area contributed by atoms with Gasteiger partial charge in [0.25, 0.3) is 5.91 Å². The predicted molar refractivity (Wildman–Crippen MR) is 118 cm³/mol. The summed E-state index contributed by atoms with van der Waals surface area (Å²) in [6.07, 6.45) is 8.09. The summed E-state index contributed by atoms with van der Waals surface area (Å²) >= 11 is 0. The van der Waals surface area contributed by atoms with E-state index in [9.17, 15) is 9.59 Å². The van der Waals surface area contributed by atoms with Gasteiger partial charge < -0.3 is 14.5 Å². The Balaban J connectivity index is 1.55. The molecule has 2 bridgehead atoms. The van der Waals surface area contributed by atoms with Crippen LogP contribution in [0.4, 0.5) is 0 Å². The highest BCUT2D eigenvalue weighted by molar-refractivity contribution is 5.97. The summed E-state index contributed by atoms with van der Waals surface area (Å²) in [6.45, 7) is 6.49. The molecule has 3 saturated heterocycles. The van der Waals surface area contributed by atoms with Crippen molar-refractivity contribution in [2.24, 2.45) is 11.8 Å². The lowest BCUT2D eigenvalue weighted by atomic mass is 9.71. The van der Waals surface area contributed by atoms with Crippen LogP contribution in [-0.2, 0) is 4.79 Å². The summed E-state index contributed by atoms with van der Waals surface area (Å²) in [7, 11) is 0. The van der Waals surface area contributed by atoms with E-state index in [-0.39, 0.29) is 11.9 Å². The zero-order valence-electron chi connectivity index (χ0n) is 18.5. The smallest absolute Gasteiger partial charge is 0.257 e. The molecule has 5 heteroatoms. The van der Waals surface area contributed by atoms with Crippen LogP contribution in [0.2, 0.25) is 0 Å². The lowest BCUT2D eigenvalue weighted by molar-refractivity contribution is -0.152. The van der Waals surface area contributed by atoms with Gasteiger partial charge in [0.15, 0.2) is 0 Å². The molecular weight excluding hydrogens is 376 g/mol. The Morgan fingerprint density at radius 3 is 2.73 bits per heavy atom. The molecule has 30 heavy (non-hydrogen) atoms. The number of nitrogens with zero attached hydrogens (tertiary/aromatic N) is 2. The highest BCUT2D eigenvalue weighted by Gasteiger charge is 2.49. The maximum Gasteiger partial charge on any atom is 0.257 e. The number of carbonyl (C=O) groups is 2. The van der Waals surface area contributed by atoms with E-state index < -0.39 is 0 Å². The summed E-state index contributed by atoms with van der Waals surface area (Å²) in [4.78, 5) is 30.6. The first-order chi connectivity index (χ1) is 14.6. The van der Waals surface area contributed by atoms with E-state index in [2.05, 4.69) is 23.6 Å². The van der Waals surface area contributed by atoms with Crippen molar-refractivity contribution in [2.45, 2.75) is 77.3 Å². The second kappa shape index (κ2) is 9.40. The van der Waals surface area contributed by atoms with Crippen molar-refractivity contribution in [1.29, 1.82) is 0 Å². The van der Waals surface area contributed by atoms with Crippen LogP contribution < -0.4 is 4.74 Å². The molecule has 0 saturated carbocycles. The molecule has 0 N–H and O–H groups in total. The SMILES string of the molecule is CCCCOc1ccccc1C(=O)N1C[C@H]2C[C@@H](C1)[C@H](CCC)N1C(=O)CCC[C@@H]21. The van der Waals surface area contributed by atoms with Crippen LogP contribution in [0.5, 0.6) is 5.75 Å². The highest BCUT2D eigenvalue weighted by atomic mass is 16.5. The van der Waals surface area contributed by atoms with E-state index in [1.165, 1.54) is 0 Å². The number of carbonyl (C=O) groups excluding carboxylic acids is 2. The van der Waals surface area contributed by atoms with Gasteiger partial charge in [-0.2, -0.15) is 0 Å². The molecule has 5 nitrogen and oxygen atoms in total. The minimum absolute atomic E-state index is 0.0858. The number of fused-ring (bicyclic) bond motifs is 4. The van der Waals surface area contributed by atoms with Gasteiger partial charge in [-0.25, -0.2) is 0 Å². The van der Waals surface area contributed by atoms with Crippen LogP contribution in [0, 0.1) is 11.8 Å². The first kappa shape index (κ1) is 21.2. The molecule has 0 radical (unpaired) electrons. The minimum atomic E-state index is 0.0858. The molecule has 0 unspecified atom stereocenters. The summed E-state index contributed by atoms with van der Waals surface area (Å²) in [5, 5.41) is 0. The van der Waals surface area contributed by atoms with E-state index in [4.69, 9.17) is 4.74 Å². The number of hydrogen-bond acceptors (Lipinski definition) is 3. The van der Waals surface area contributed by atoms with Crippen molar-refractivity contribution in [1.82, 2.24) is 9.80 Å². The molecule has 0 aliphatic carbocycles. The molecule has 4 atom stereocenters. The first-order valence-electron chi connectivity index (χ1n) is 12.0. The van der Waals surface area contributed by atoms with Crippen LogP contribution in [-0.4, -0.2) is 53.4 Å². The zero-order chi connectivity index (χ0) is 21.1. The van der Waals surface area contributed by atoms with Crippen LogP contribution in [0.15, 0.2) is 24.3 Å². The molecule has 1 aromatic rings. The maximum absolute atomic E-state index is 13.5. The van der Waals surface area contributed by atoms with E-state index in [1.807, 2.05) is 24.3 Å². The summed E-state index contributed by atoms with van der Waals surface area (Å²) in [5.41, 5.74) is 0.678. The summed E-state index contributed by atoms with van der Waals surface area (Å²) in [5.74, 6) is 1.92. The molecule has 3 fully saturated rings. The molecule has 1 aromatic carbocycles. The molecule has 0 spiro atoms. The van der Waals surface area contributed by atoms with Gasteiger partial charge >= 0.3 is 0 Å². The van der Waals surface area contributed by atoms with Crippen molar-refractivity contribution in [3.8, 4) is 5.75 Å². The maximum atomic E-state index is 13.5. The van der Waals surface area contributed by atoms with Gasteiger partial charge in [0.2, 0.25) is 5.91 Å². The number of hydrogen-bond donors (Lipinski definition) is 0. The monoisotopic (exact) mass is 412 g/mol. The van der Waals surface area contributed by atoms with Gasteiger partial charge in [-0.1, -0.05) is 38.8 Å². The van der Waals surface area contributed by atoms with Crippen LogP contribution in [0.3, 0.4) is 0 Å². The predicted octanol–water partition coefficient (Wildman–Crippen LogP) is 4.51. The van der Waals surface area contributed by atoms with Crippen molar-refractivity contribution in [3.63, 3.8) is 0 Å². The number of piperidine rings is 3. The highest BCUT2D eigenvalue weighted by Crippen LogP contribution is 2.43. The number of ether oxygens (including phenoxy) is 1. The second-order valence-electron chi connectivity index (χ2n) is 9.28. The van der Waals surface area contributed by atoms with Crippen molar-refractivity contribution in [2.75, 3.05) is 19.7 Å². The molecule has 3 aliphatic heterocycles. The number of para-hydroxylation sites is 1. The van der Waals surface area contributed by atoms with Gasteiger partial charge in [0, 0.05) is 31.6 Å². The lowest BCUT2D eigenvalue weighted by Gasteiger charge is -2.56. The third-order valence-electron chi connectivity index (χ3n) is 7.24. The van der Waals surface area contributed by atoms with Crippen LogP contribution >= 0.6 is 0 Å². The molecule has 2 amide bonds. The van der Waals surface area contributed by atoms with Gasteiger partial charge in [-0.15, -0.1) is 0 Å². The Bertz CT molecular complexity index is 765. The zero-order valence-corrected chi connectivity index (χ0v) is 18.5. The largest absolute Gasteiger partial charge is 0.493 e. The van der Waals surface area contributed by atoms with E-state index in [1.54, 1.807) is 0 Å². The first-order valence-corrected chi connectivity index (χ1v) is 12.0. The Kier molecular flexibility index (Phi) is 6.64. The molecule has 3 heterocycles. The quantitative estimate of drug-likeness (QED) is 0.619. The number of likely N-dealkylation sites (tertiary alicyclic amines) is 1. The van der Waals surface area contributed by atoms with Crippen LogP contribution in [0.1, 0.15) is 75.6 Å². The molecule has 0 aromatic heterocycles. The molecular formula is C25H36N2O3. The van der Waals surface area contributed by atoms with Crippen LogP contribution in [0.25, 0.3) is 0 Å². The lowest BCUT2D eigenvalue weighted by Crippen LogP contribution is -2.65. The number of unbranched alkanes of at least 4 members (excludes halogenated alkanes) is 1. The van der Waals surface area contributed by atoms with E-state index in [0.717, 1.165) is 58.0 Å². The third kappa shape index (κ3) is 4.08. The topological polar surface area (TPSA) is 49.9 Å². The second-order valence-corrected chi connectivity index (χ2v) is 9.28. The van der Waals surface area contributed by atoms with E-state index >= 15 is 0 Å². The van der Waals surface area contributed by atoms with Gasteiger partial charge in [-0.05, 0) is 56.1 Å². The van der Waals surface area contributed by atoms with Gasteiger partial charge in [0.1, 0.15) is 5.75 Å². The van der Waals surface area contributed by atoms with Crippen molar-refractivity contribution in [3.05, 3.63) is 29.8 Å². The normalized spacial score (nSPS) is 28.3. The third-order valence-corrected chi connectivity index (χ3v) is 7.24.